The summed E-state index contributed by atoms with van der Waals surface area (Å²) in [4.78, 5) is 9.46. The van der Waals surface area contributed by atoms with Crippen molar-refractivity contribution in [1.82, 2.24) is 15.4 Å². The average molecular weight is 312 g/mol. The number of nitrogens with zero attached hydrogens (tertiary/aromatic N) is 2. The fraction of sp³-hybridized carbons (Fsp3) is 0.294. The summed E-state index contributed by atoms with van der Waals surface area (Å²) in [6.07, 6.45) is 1.80. The van der Waals surface area contributed by atoms with Gasteiger partial charge in [-0.1, -0.05) is 18.2 Å². The molecule has 1 aliphatic rings. The van der Waals surface area contributed by atoms with E-state index in [1.54, 1.807) is 25.5 Å². The highest BCUT2D eigenvalue weighted by Gasteiger charge is 2.38. The number of hydrogen-bond acceptors (Lipinski definition) is 4. The van der Waals surface area contributed by atoms with Crippen LogP contribution in [0.1, 0.15) is 12.5 Å². The van der Waals surface area contributed by atoms with Crippen LogP contribution in [0.15, 0.2) is 42.6 Å². The molecule has 2 heterocycles. The maximum Gasteiger partial charge on any atom is 0.216 e. The largest absolute Gasteiger partial charge is 0.481 e. The predicted molar refractivity (Wildman–Crippen MR) is 88.2 cm³/mol. The molecule has 1 fully saturated rings. The lowest BCUT2D eigenvalue weighted by atomic mass is 9.90. The summed E-state index contributed by atoms with van der Waals surface area (Å²) in [6.45, 7) is 2.64. The second-order valence-corrected chi connectivity index (χ2v) is 5.69. The normalized spacial score (nSPS) is 20.5. The minimum absolute atomic E-state index is 0.270. The zero-order valence-electron chi connectivity index (χ0n) is 13.5. The summed E-state index contributed by atoms with van der Waals surface area (Å²) in [5, 5.41) is 12.7. The monoisotopic (exact) mass is 312 g/mol. The molecule has 0 bridgehead atoms. The number of nitrogens with one attached hydrogen (secondary N) is 2. The Bertz CT molecular complexity index is 717. The molecule has 6 nitrogen and oxygen atoms in total. The van der Waals surface area contributed by atoms with Gasteiger partial charge in [0.2, 0.25) is 11.8 Å². The molecule has 1 aromatic carbocycles. The van der Waals surface area contributed by atoms with Gasteiger partial charge in [0.25, 0.3) is 0 Å². The van der Waals surface area contributed by atoms with Crippen LogP contribution in [0.4, 0.5) is 0 Å². The fourth-order valence-electron chi connectivity index (χ4n) is 2.76. The van der Waals surface area contributed by atoms with Crippen LogP contribution in [0.5, 0.6) is 5.88 Å². The number of methoxy groups -OCH3 is 1. The zero-order valence-corrected chi connectivity index (χ0v) is 13.5. The summed E-state index contributed by atoms with van der Waals surface area (Å²) in [5.74, 6) is 0.866. The molecule has 2 N–H and O–H groups in total. The van der Waals surface area contributed by atoms with E-state index in [1.807, 2.05) is 24.3 Å². The maximum atomic E-state index is 7.94. The number of pyridine rings is 1. The number of guanidine groups is 1. The van der Waals surface area contributed by atoms with Crippen molar-refractivity contribution in [2.45, 2.75) is 12.5 Å². The minimum Gasteiger partial charge on any atom is -0.481 e. The lowest BCUT2D eigenvalue weighted by Crippen LogP contribution is -2.37. The van der Waals surface area contributed by atoms with Crippen molar-refractivity contribution in [2.75, 3.05) is 20.8 Å². The summed E-state index contributed by atoms with van der Waals surface area (Å²) in [6, 6.07) is 12.1. The molecule has 1 atom stereocenters. The molecule has 0 radical (unpaired) electrons. The van der Waals surface area contributed by atoms with Crippen LogP contribution in [0.3, 0.4) is 0 Å². The van der Waals surface area contributed by atoms with Gasteiger partial charge in [-0.25, -0.2) is 10.0 Å². The summed E-state index contributed by atoms with van der Waals surface area (Å²) >= 11 is 0. The molecule has 1 unspecified atom stereocenters. The van der Waals surface area contributed by atoms with Crippen molar-refractivity contribution in [3.63, 3.8) is 0 Å². The molecule has 2 aromatic rings. The van der Waals surface area contributed by atoms with E-state index >= 15 is 0 Å². The van der Waals surface area contributed by atoms with Gasteiger partial charge in [-0.15, -0.1) is 0 Å². The number of benzene rings is 1. The van der Waals surface area contributed by atoms with Gasteiger partial charge < -0.3 is 10.1 Å². The average Bonchev–Trinajstić information content (AvgIpc) is 2.90. The first kappa shape index (κ1) is 15.3. The van der Waals surface area contributed by atoms with Crippen LogP contribution >= 0.6 is 0 Å². The van der Waals surface area contributed by atoms with Crippen molar-refractivity contribution in [3.8, 4) is 17.0 Å². The predicted octanol–water partition coefficient (Wildman–Crippen LogP) is 2.37. The van der Waals surface area contributed by atoms with E-state index < -0.39 is 0 Å². The Hall–Kier alpha value is -2.60. The van der Waals surface area contributed by atoms with E-state index in [0.717, 1.165) is 16.7 Å². The number of aromatic nitrogens is 1. The molecule has 0 saturated carbocycles. The first-order chi connectivity index (χ1) is 11.1. The number of hydroxylamine groups is 2. The Kier molecular flexibility index (Phi) is 3.92. The van der Waals surface area contributed by atoms with Crippen molar-refractivity contribution in [3.05, 3.63) is 48.2 Å². The summed E-state index contributed by atoms with van der Waals surface area (Å²) in [7, 11) is 3.17. The van der Waals surface area contributed by atoms with E-state index in [-0.39, 0.29) is 11.5 Å². The lowest BCUT2D eigenvalue weighted by molar-refractivity contribution is -0.0633. The first-order valence-electron chi connectivity index (χ1n) is 7.35. The van der Waals surface area contributed by atoms with Gasteiger partial charge in [0, 0.05) is 17.8 Å². The Morgan fingerprint density at radius 1 is 1.22 bits per heavy atom. The van der Waals surface area contributed by atoms with Crippen LogP contribution in [0.2, 0.25) is 0 Å². The Labute approximate surface area is 135 Å². The number of hydrogen-bond donors (Lipinski definition) is 2. The molecular weight excluding hydrogens is 292 g/mol. The molecule has 0 spiro atoms. The SMILES string of the molecule is COc1ccc(-c2cccc(C3(C)CN(OC)C(=N)N3)c2)cn1. The Morgan fingerprint density at radius 3 is 2.65 bits per heavy atom. The highest BCUT2D eigenvalue weighted by Crippen LogP contribution is 2.30. The quantitative estimate of drug-likeness (QED) is 0.907. The fourth-order valence-corrected chi connectivity index (χ4v) is 2.76. The molecule has 1 saturated heterocycles. The molecule has 0 amide bonds. The van der Waals surface area contributed by atoms with Gasteiger partial charge in [0.15, 0.2) is 0 Å². The van der Waals surface area contributed by atoms with Crippen LogP contribution in [-0.4, -0.2) is 36.8 Å². The van der Waals surface area contributed by atoms with Gasteiger partial charge in [-0.2, -0.15) is 0 Å². The van der Waals surface area contributed by atoms with E-state index in [0.29, 0.717) is 12.4 Å². The first-order valence-corrected chi connectivity index (χ1v) is 7.35. The highest BCUT2D eigenvalue weighted by atomic mass is 16.7. The zero-order chi connectivity index (χ0) is 16.4. The summed E-state index contributed by atoms with van der Waals surface area (Å²) < 4.78 is 5.10. The third kappa shape index (κ3) is 2.85. The van der Waals surface area contributed by atoms with E-state index in [1.165, 1.54) is 0 Å². The summed E-state index contributed by atoms with van der Waals surface area (Å²) in [5.41, 5.74) is 2.81. The number of ether oxygens (including phenoxy) is 1. The number of rotatable bonds is 4. The van der Waals surface area contributed by atoms with E-state index in [9.17, 15) is 0 Å². The molecule has 1 aliphatic heterocycles. The molecular formula is C17H20N4O2. The van der Waals surface area contributed by atoms with Crippen LogP contribution in [0, 0.1) is 5.41 Å². The van der Waals surface area contributed by atoms with Gasteiger partial charge in [0.05, 0.1) is 26.3 Å². The molecule has 3 rings (SSSR count). The van der Waals surface area contributed by atoms with Crippen molar-refractivity contribution >= 4 is 5.96 Å². The van der Waals surface area contributed by atoms with Crippen LogP contribution in [0.25, 0.3) is 11.1 Å². The Morgan fingerprint density at radius 2 is 2.04 bits per heavy atom. The smallest absolute Gasteiger partial charge is 0.216 e. The van der Waals surface area contributed by atoms with Gasteiger partial charge in [-0.3, -0.25) is 10.2 Å². The van der Waals surface area contributed by atoms with Crippen molar-refractivity contribution in [1.29, 1.82) is 5.41 Å². The second kappa shape index (κ2) is 5.89. The lowest BCUT2D eigenvalue weighted by Gasteiger charge is -2.24. The van der Waals surface area contributed by atoms with Crippen LogP contribution in [-0.2, 0) is 10.4 Å². The second-order valence-electron chi connectivity index (χ2n) is 5.69. The van der Waals surface area contributed by atoms with Gasteiger partial charge in [0.1, 0.15) is 0 Å². The Balaban J connectivity index is 1.92. The van der Waals surface area contributed by atoms with Gasteiger partial charge in [-0.05, 0) is 30.2 Å². The molecule has 1 aromatic heterocycles. The minimum atomic E-state index is -0.372. The van der Waals surface area contributed by atoms with Crippen LogP contribution < -0.4 is 10.1 Å². The molecule has 0 aliphatic carbocycles. The third-order valence-corrected chi connectivity index (χ3v) is 4.10. The maximum absolute atomic E-state index is 7.94. The van der Waals surface area contributed by atoms with E-state index in [4.69, 9.17) is 15.0 Å². The van der Waals surface area contributed by atoms with Gasteiger partial charge >= 0.3 is 0 Å². The highest BCUT2D eigenvalue weighted by molar-refractivity contribution is 5.79. The third-order valence-electron chi connectivity index (χ3n) is 4.10. The standard InChI is InChI=1S/C17H20N4O2/c1-17(11-21(23-3)16(18)20-17)14-6-4-5-12(9-14)13-7-8-15(22-2)19-10-13/h4-10H,11H2,1-3H3,(H2,18,20). The topological polar surface area (TPSA) is 70.5 Å². The molecule has 120 valence electrons. The van der Waals surface area contributed by atoms with Crippen molar-refractivity contribution < 1.29 is 9.57 Å². The van der Waals surface area contributed by atoms with Crippen molar-refractivity contribution in [2.24, 2.45) is 0 Å². The molecule has 6 heteroatoms. The van der Waals surface area contributed by atoms with E-state index in [2.05, 4.69) is 29.4 Å². The molecule has 23 heavy (non-hydrogen) atoms.